The molecule has 6 nitrogen and oxygen atoms in total. The van der Waals surface area contributed by atoms with E-state index in [1.807, 2.05) is 59.0 Å². The van der Waals surface area contributed by atoms with Crippen molar-refractivity contribution in [3.05, 3.63) is 76.1 Å². The van der Waals surface area contributed by atoms with E-state index >= 15 is 0 Å². The van der Waals surface area contributed by atoms with Crippen molar-refractivity contribution in [3.8, 4) is 0 Å². The summed E-state index contributed by atoms with van der Waals surface area (Å²) in [6, 6.07) is 17.4. The van der Waals surface area contributed by atoms with Crippen molar-refractivity contribution in [2.45, 2.75) is 12.3 Å². The first kappa shape index (κ1) is 14.9. The number of nitrogens with zero attached hydrogens (tertiary/aromatic N) is 3. The second-order valence-electron chi connectivity index (χ2n) is 6.58. The van der Waals surface area contributed by atoms with Gasteiger partial charge >= 0.3 is 0 Å². The molecule has 0 saturated carbocycles. The second kappa shape index (κ2) is 5.29. The largest absolute Gasteiger partial charge is 0.311 e. The molecule has 26 heavy (non-hydrogen) atoms. The Labute approximate surface area is 148 Å². The van der Waals surface area contributed by atoms with Crippen LogP contribution in [0.15, 0.2) is 59.4 Å². The Morgan fingerprint density at radius 1 is 1.04 bits per heavy atom. The topological polar surface area (TPSA) is 68.4 Å². The van der Waals surface area contributed by atoms with E-state index in [-0.39, 0.29) is 23.8 Å². The molecule has 0 fully saturated rings. The van der Waals surface area contributed by atoms with E-state index in [2.05, 4.69) is 10.3 Å². The highest BCUT2D eigenvalue weighted by atomic mass is 16.2. The van der Waals surface area contributed by atoms with Crippen LogP contribution in [0.1, 0.15) is 23.5 Å². The smallest absolute Gasteiger partial charge is 0.260 e. The molecular formula is C20H16N4O2. The first-order valence-corrected chi connectivity index (χ1v) is 8.50. The van der Waals surface area contributed by atoms with Crippen LogP contribution in [0.3, 0.4) is 0 Å². The fourth-order valence-corrected chi connectivity index (χ4v) is 3.83. The summed E-state index contributed by atoms with van der Waals surface area (Å²) in [6.45, 7) is 0. The minimum absolute atomic E-state index is 0.0984. The molecule has 1 aliphatic heterocycles. The van der Waals surface area contributed by atoms with Crippen LogP contribution < -0.4 is 10.9 Å². The van der Waals surface area contributed by atoms with Gasteiger partial charge in [0.1, 0.15) is 5.82 Å². The lowest BCUT2D eigenvalue weighted by Gasteiger charge is -2.26. The van der Waals surface area contributed by atoms with E-state index in [4.69, 9.17) is 0 Å². The normalized spacial score (nSPS) is 16.7. The molecule has 128 valence electrons. The third-order valence-electron chi connectivity index (χ3n) is 5.05. The van der Waals surface area contributed by atoms with Crippen LogP contribution in [-0.4, -0.2) is 19.9 Å². The first-order valence-electron chi connectivity index (χ1n) is 8.50. The van der Waals surface area contributed by atoms with Gasteiger partial charge in [0, 0.05) is 19.4 Å². The van der Waals surface area contributed by atoms with Crippen molar-refractivity contribution in [2.75, 3.05) is 5.32 Å². The number of nitrogens with one attached hydrogen (secondary N) is 1. The number of fused-ring (bicyclic) bond motifs is 5. The number of benzene rings is 2. The molecule has 5 rings (SSSR count). The van der Waals surface area contributed by atoms with Crippen LogP contribution in [0.5, 0.6) is 0 Å². The molecule has 1 amide bonds. The number of aromatic nitrogens is 3. The third kappa shape index (κ3) is 1.95. The number of hydrogen-bond acceptors (Lipinski definition) is 3. The number of carbonyl (C=O) groups is 1. The number of para-hydroxylation sites is 2. The molecule has 1 aliphatic rings. The molecule has 0 unspecified atom stereocenters. The lowest BCUT2D eigenvalue weighted by molar-refractivity contribution is -0.116. The van der Waals surface area contributed by atoms with Gasteiger partial charge in [0.05, 0.1) is 16.6 Å². The maximum Gasteiger partial charge on any atom is 0.260 e. The molecule has 6 heteroatoms. The standard InChI is InChI=1S/C20H16N4O2/c1-23-19(26)17-13(12-7-3-2-4-8-12)11-16(25)22-18(17)24-15-10-6-5-9-14(15)21-20(23)24/h2-10,13H,11H2,1H3,(H,22,25)/t13-/m0/s1. The van der Waals surface area contributed by atoms with Gasteiger partial charge in [-0.15, -0.1) is 0 Å². The summed E-state index contributed by atoms with van der Waals surface area (Å²) < 4.78 is 3.44. The number of amides is 1. The summed E-state index contributed by atoms with van der Waals surface area (Å²) in [4.78, 5) is 30.2. The Kier molecular flexibility index (Phi) is 3.03. The van der Waals surface area contributed by atoms with Gasteiger partial charge < -0.3 is 5.32 Å². The summed E-state index contributed by atoms with van der Waals surface area (Å²) in [5.74, 6) is 0.675. The van der Waals surface area contributed by atoms with E-state index < -0.39 is 0 Å². The highest BCUT2D eigenvalue weighted by molar-refractivity contribution is 5.96. The van der Waals surface area contributed by atoms with Crippen LogP contribution >= 0.6 is 0 Å². The van der Waals surface area contributed by atoms with Crippen molar-refractivity contribution in [1.29, 1.82) is 0 Å². The molecule has 3 heterocycles. The van der Waals surface area contributed by atoms with Crippen LogP contribution in [-0.2, 0) is 11.8 Å². The number of imidazole rings is 1. The molecule has 1 N–H and O–H groups in total. The van der Waals surface area contributed by atoms with Gasteiger partial charge in [-0.25, -0.2) is 4.98 Å². The van der Waals surface area contributed by atoms with E-state index in [0.29, 0.717) is 17.2 Å². The van der Waals surface area contributed by atoms with Gasteiger partial charge in [0.25, 0.3) is 5.56 Å². The zero-order chi connectivity index (χ0) is 17.8. The molecule has 2 aromatic carbocycles. The van der Waals surface area contributed by atoms with Crippen molar-refractivity contribution in [3.63, 3.8) is 0 Å². The molecule has 4 aromatic rings. The first-order chi connectivity index (χ1) is 12.6. The minimum atomic E-state index is -0.274. The van der Waals surface area contributed by atoms with Gasteiger partial charge in [0.15, 0.2) is 0 Å². The van der Waals surface area contributed by atoms with Gasteiger partial charge in [0.2, 0.25) is 11.7 Å². The monoisotopic (exact) mass is 344 g/mol. The van der Waals surface area contributed by atoms with Crippen LogP contribution in [0, 0.1) is 0 Å². The van der Waals surface area contributed by atoms with Crippen molar-refractivity contribution in [1.82, 2.24) is 14.0 Å². The SMILES string of the molecule is Cn1c(=O)c2c(n3c4ccccc4nc13)NC(=O)C[C@H]2c1ccccc1. The lowest BCUT2D eigenvalue weighted by Crippen LogP contribution is -2.35. The average molecular weight is 344 g/mol. The lowest BCUT2D eigenvalue weighted by atomic mass is 9.87. The third-order valence-corrected chi connectivity index (χ3v) is 5.05. The number of carbonyl (C=O) groups excluding carboxylic acids is 1. The average Bonchev–Trinajstić information content (AvgIpc) is 3.06. The molecule has 0 aliphatic carbocycles. The molecule has 0 bridgehead atoms. The molecule has 0 radical (unpaired) electrons. The Morgan fingerprint density at radius 3 is 2.58 bits per heavy atom. The van der Waals surface area contributed by atoms with Crippen LogP contribution in [0.2, 0.25) is 0 Å². The number of rotatable bonds is 1. The molecular weight excluding hydrogens is 328 g/mol. The summed E-state index contributed by atoms with van der Waals surface area (Å²) in [5.41, 5.74) is 3.09. The maximum atomic E-state index is 13.2. The predicted molar refractivity (Wildman–Crippen MR) is 99.5 cm³/mol. The highest BCUT2D eigenvalue weighted by Gasteiger charge is 2.32. The number of aryl methyl sites for hydroxylation is 1. The number of anilines is 1. The second-order valence-corrected chi connectivity index (χ2v) is 6.58. The van der Waals surface area contributed by atoms with E-state index in [1.54, 1.807) is 11.6 Å². The minimum Gasteiger partial charge on any atom is -0.311 e. The Bertz CT molecular complexity index is 1240. The van der Waals surface area contributed by atoms with Gasteiger partial charge in [-0.1, -0.05) is 42.5 Å². The molecule has 0 spiro atoms. The summed E-state index contributed by atoms with van der Waals surface area (Å²) >= 11 is 0. The predicted octanol–water partition coefficient (Wildman–Crippen LogP) is 2.66. The van der Waals surface area contributed by atoms with Crippen molar-refractivity contribution >= 4 is 28.5 Å². The fourth-order valence-electron chi connectivity index (χ4n) is 3.83. The van der Waals surface area contributed by atoms with E-state index in [9.17, 15) is 9.59 Å². The highest BCUT2D eigenvalue weighted by Crippen LogP contribution is 2.36. The quantitative estimate of drug-likeness (QED) is 0.577. The Morgan fingerprint density at radius 2 is 1.77 bits per heavy atom. The summed E-state index contributed by atoms with van der Waals surface area (Å²) in [5, 5.41) is 2.92. The zero-order valence-electron chi connectivity index (χ0n) is 14.1. The van der Waals surface area contributed by atoms with Crippen LogP contribution in [0.25, 0.3) is 16.8 Å². The van der Waals surface area contributed by atoms with E-state index in [1.165, 1.54) is 0 Å². The summed E-state index contributed by atoms with van der Waals surface area (Å²) in [6.07, 6.45) is 0.254. The van der Waals surface area contributed by atoms with Crippen molar-refractivity contribution < 1.29 is 4.79 Å². The maximum absolute atomic E-state index is 13.2. The summed E-state index contributed by atoms with van der Waals surface area (Å²) in [7, 11) is 1.72. The molecule has 1 atom stereocenters. The number of hydrogen-bond donors (Lipinski definition) is 1. The van der Waals surface area contributed by atoms with E-state index in [0.717, 1.165) is 16.6 Å². The molecule has 0 saturated heterocycles. The van der Waals surface area contributed by atoms with Gasteiger partial charge in [-0.3, -0.25) is 18.6 Å². The molecule has 2 aromatic heterocycles. The Balaban J connectivity index is 1.94. The van der Waals surface area contributed by atoms with Gasteiger partial charge in [-0.05, 0) is 17.7 Å². The fraction of sp³-hybridized carbons (Fsp3) is 0.150. The van der Waals surface area contributed by atoms with Crippen LogP contribution in [0.4, 0.5) is 5.82 Å². The van der Waals surface area contributed by atoms with Gasteiger partial charge in [-0.2, -0.15) is 0 Å². The Hall–Kier alpha value is -3.41. The zero-order valence-corrected chi connectivity index (χ0v) is 14.1. The van der Waals surface area contributed by atoms with Crippen molar-refractivity contribution in [2.24, 2.45) is 7.05 Å².